The van der Waals surface area contributed by atoms with Gasteiger partial charge in [-0.2, -0.15) is 0 Å². The van der Waals surface area contributed by atoms with Gasteiger partial charge in [-0.05, 0) is 44.0 Å². The molecule has 0 unspecified atom stereocenters. The molecule has 8 heteroatoms. The van der Waals surface area contributed by atoms with E-state index in [1.807, 2.05) is 13.8 Å². The maximum absolute atomic E-state index is 11.9. The summed E-state index contributed by atoms with van der Waals surface area (Å²) in [6, 6.07) is 5.96. The number of carbonyl (C=O) groups excluding carboxylic acids is 1. The molecular weight excluding hydrogens is 332 g/mol. The molecule has 0 aliphatic carbocycles. The number of sulfonamides is 1. The lowest BCUT2D eigenvalue weighted by Crippen LogP contribution is -2.30. The minimum Gasteiger partial charge on any atom is -0.484 e. The van der Waals surface area contributed by atoms with Gasteiger partial charge in [0.2, 0.25) is 10.0 Å². The predicted octanol–water partition coefficient (Wildman–Crippen LogP) is 1.30. The third-order valence-electron chi connectivity index (χ3n) is 3.04. The van der Waals surface area contributed by atoms with Crippen molar-refractivity contribution in [2.24, 2.45) is 0 Å². The third-order valence-corrected chi connectivity index (χ3v) is 4.51. The van der Waals surface area contributed by atoms with Crippen molar-refractivity contribution in [1.29, 1.82) is 0 Å². The smallest absolute Gasteiger partial charge is 0.257 e. The first-order valence-electron chi connectivity index (χ1n) is 8.06. The van der Waals surface area contributed by atoms with Crippen molar-refractivity contribution in [3.05, 3.63) is 24.3 Å². The molecule has 0 radical (unpaired) electrons. The van der Waals surface area contributed by atoms with Gasteiger partial charge in [-0.15, -0.1) is 0 Å². The van der Waals surface area contributed by atoms with Crippen LogP contribution in [0.2, 0.25) is 0 Å². The number of nitrogens with one attached hydrogen (secondary N) is 2. The van der Waals surface area contributed by atoms with Crippen LogP contribution in [0.15, 0.2) is 29.2 Å². The van der Waals surface area contributed by atoms with E-state index in [4.69, 9.17) is 9.47 Å². The molecular formula is C16H26N2O5S. The second-order valence-electron chi connectivity index (χ2n) is 5.06. The summed E-state index contributed by atoms with van der Waals surface area (Å²) in [5, 5.41) is 2.72. The summed E-state index contributed by atoms with van der Waals surface area (Å²) in [5.74, 6) is 0.210. The monoisotopic (exact) mass is 358 g/mol. The van der Waals surface area contributed by atoms with E-state index in [1.54, 1.807) is 0 Å². The average molecular weight is 358 g/mol. The van der Waals surface area contributed by atoms with E-state index in [-0.39, 0.29) is 17.4 Å². The molecule has 0 saturated carbocycles. The van der Waals surface area contributed by atoms with Crippen molar-refractivity contribution >= 4 is 15.9 Å². The Morgan fingerprint density at radius 1 is 1.12 bits per heavy atom. The Hall–Kier alpha value is -1.64. The van der Waals surface area contributed by atoms with Gasteiger partial charge in [0, 0.05) is 26.3 Å². The molecule has 0 fully saturated rings. The SMILES string of the molecule is CCCNS(=O)(=O)c1ccc(OCC(=O)NCCCOCC)cc1. The summed E-state index contributed by atoms with van der Waals surface area (Å²) in [4.78, 5) is 11.8. The maximum Gasteiger partial charge on any atom is 0.257 e. The second-order valence-corrected chi connectivity index (χ2v) is 6.83. The van der Waals surface area contributed by atoms with Crippen LogP contribution in [0.1, 0.15) is 26.7 Å². The molecule has 0 bridgehead atoms. The molecule has 1 rings (SSSR count). The van der Waals surface area contributed by atoms with E-state index in [2.05, 4.69) is 10.0 Å². The quantitative estimate of drug-likeness (QED) is 0.549. The summed E-state index contributed by atoms with van der Waals surface area (Å²) in [5.41, 5.74) is 0. The minimum atomic E-state index is -3.49. The van der Waals surface area contributed by atoms with E-state index < -0.39 is 10.0 Å². The number of carbonyl (C=O) groups is 1. The van der Waals surface area contributed by atoms with Crippen molar-refractivity contribution in [1.82, 2.24) is 10.0 Å². The summed E-state index contributed by atoms with van der Waals surface area (Å²) in [6.45, 7) is 5.89. The molecule has 0 aliphatic heterocycles. The normalized spacial score (nSPS) is 11.2. The van der Waals surface area contributed by atoms with E-state index in [0.717, 1.165) is 12.8 Å². The zero-order valence-corrected chi connectivity index (χ0v) is 15.0. The van der Waals surface area contributed by atoms with E-state index in [0.29, 0.717) is 32.1 Å². The first-order chi connectivity index (χ1) is 11.5. The van der Waals surface area contributed by atoms with E-state index >= 15 is 0 Å². The summed E-state index contributed by atoms with van der Waals surface area (Å²) < 4.78 is 36.9. The molecule has 136 valence electrons. The summed E-state index contributed by atoms with van der Waals surface area (Å²) in [6.07, 6.45) is 1.47. The lowest BCUT2D eigenvalue weighted by Gasteiger charge is -2.09. The molecule has 1 aromatic carbocycles. The fourth-order valence-corrected chi connectivity index (χ4v) is 2.91. The van der Waals surface area contributed by atoms with Crippen LogP contribution in [0.3, 0.4) is 0 Å². The topological polar surface area (TPSA) is 93.7 Å². The van der Waals surface area contributed by atoms with Gasteiger partial charge in [0.25, 0.3) is 5.91 Å². The van der Waals surface area contributed by atoms with Gasteiger partial charge in [-0.3, -0.25) is 4.79 Å². The highest BCUT2D eigenvalue weighted by molar-refractivity contribution is 7.89. The fraction of sp³-hybridized carbons (Fsp3) is 0.562. The molecule has 7 nitrogen and oxygen atoms in total. The Labute approximate surface area is 143 Å². The van der Waals surface area contributed by atoms with Gasteiger partial charge in [0.05, 0.1) is 4.90 Å². The summed E-state index contributed by atoms with van der Waals surface area (Å²) >= 11 is 0. The second kappa shape index (κ2) is 11.0. The zero-order chi connectivity index (χ0) is 17.8. The van der Waals surface area contributed by atoms with Gasteiger partial charge in [0.15, 0.2) is 6.61 Å². The van der Waals surface area contributed by atoms with Crippen molar-refractivity contribution in [2.45, 2.75) is 31.6 Å². The number of ether oxygens (including phenoxy) is 2. The molecule has 1 aromatic rings. The molecule has 2 N–H and O–H groups in total. The van der Waals surface area contributed by atoms with Crippen molar-refractivity contribution in [3.8, 4) is 5.75 Å². The van der Waals surface area contributed by atoms with Crippen molar-refractivity contribution in [2.75, 3.05) is 32.9 Å². The third kappa shape index (κ3) is 7.76. The molecule has 0 aromatic heterocycles. The number of hydrogen-bond donors (Lipinski definition) is 2. The van der Waals surface area contributed by atoms with Crippen molar-refractivity contribution in [3.63, 3.8) is 0 Å². The van der Waals surface area contributed by atoms with Gasteiger partial charge in [-0.25, -0.2) is 13.1 Å². The first kappa shape index (κ1) is 20.4. The van der Waals surface area contributed by atoms with Crippen LogP contribution in [0.5, 0.6) is 5.75 Å². The van der Waals surface area contributed by atoms with Gasteiger partial charge in [0.1, 0.15) is 5.75 Å². The molecule has 1 amide bonds. The minimum absolute atomic E-state index is 0.116. The lowest BCUT2D eigenvalue weighted by atomic mass is 10.3. The Kier molecular flexibility index (Phi) is 9.36. The Morgan fingerprint density at radius 3 is 2.46 bits per heavy atom. The van der Waals surface area contributed by atoms with Crippen LogP contribution in [0.25, 0.3) is 0 Å². The molecule has 0 heterocycles. The Balaban J connectivity index is 2.38. The zero-order valence-electron chi connectivity index (χ0n) is 14.2. The van der Waals surface area contributed by atoms with Crippen molar-refractivity contribution < 1.29 is 22.7 Å². The average Bonchev–Trinajstić information content (AvgIpc) is 2.58. The van der Waals surface area contributed by atoms with Gasteiger partial charge in [-0.1, -0.05) is 6.92 Å². The molecule has 0 saturated heterocycles. The van der Waals surface area contributed by atoms with Crippen LogP contribution in [-0.2, 0) is 19.6 Å². The molecule has 0 atom stereocenters. The number of amides is 1. The van der Waals surface area contributed by atoms with Crippen LogP contribution in [-0.4, -0.2) is 47.2 Å². The largest absolute Gasteiger partial charge is 0.484 e. The maximum atomic E-state index is 11.9. The summed E-state index contributed by atoms with van der Waals surface area (Å²) in [7, 11) is -3.49. The van der Waals surface area contributed by atoms with Gasteiger partial charge < -0.3 is 14.8 Å². The van der Waals surface area contributed by atoms with E-state index in [1.165, 1.54) is 24.3 Å². The molecule has 0 spiro atoms. The highest BCUT2D eigenvalue weighted by Crippen LogP contribution is 2.15. The predicted molar refractivity (Wildman–Crippen MR) is 91.5 cm³/mol. The first-order valence-corrected chi connectivity index (χ1v) is 9.55. The fourth-order valence-electron chi connectivity index (χ4n) is 1.78. The Bertz CT molecular complexity index is 587. The van der Waals surface area contributed by atoms with Crippen LogP contribution < -0.4 is 14.8 Å². The standard InChI is InChI=1S/C16H26N2O5S/c1-3-10-18-24(20,21)15-8-6-14(7-9-15)23-13-16(19)17-11-5-12-22-4-2/h6-9,18H,3-5,10-13H2,1-2H3,(H,17,19). The van der Waals surface area contributed by atoms with E-state index in [9.17, 15) is 13.2 Å². The highest BCUT2D eigenvalue weighted by atomic mass is 32.2. The number of rotatable bonds is 12. The Morgan fingerprint density at radius 2 is 1.83 bits per heavy atom. The van der Waals surface area contributed by atoms with Crippen LogP contribution in [0, 0.1) is 0 Å². The molecule has 0 aliphatic rings. The van der Waals surface area contributed by atoms with Crippen LogP contribution in [0.4, 0.5) is 0 Å². The highest BCUT2D eigenvalue weighted by Gasteiger charge is 2.12. The number of benzene rings is 1. The number of hydrogen-bond acceptors (Lipinski definition) is 5. The van der Waals surface area contributed by atoms with Gasteiger partial charge >= 0.3 is 0 Å². The molecule has 24 heavy (non-hydrogen) atoms. The van der Waals surface area contributed by atoms with Crippen LogP contribution >= 0.6 is 0 Å². The lowest BCUT2D eigenvalue weighted by molar-refractivity contribution is -0.123.